The van der Waals surface area contributed by atoms with Crippen LogP contribution in [0.25, 0.3) is 0 Å². The summed E-state index contributed by atoms with van der Waals surface area (Å²) < 4.78 is 21.4. The van der Waals surface area contributed by atoms with Crippen molar-refractivity contribution in [2.24, 2.45) is 0 Å². The van der Waals surface area contributed by atoms with Crippen molar-refractivity contribution in [1.29, 1.82) is 0 Å². The van der Waals surface area contributed by atoms with Crippen LogP contribution in [0.15, 0.2) is 30.3 Å². The Kier molecular flexibility index (Phi) is 6.83. The first-order valence-electron chi connectivity index (χ1n) is 7.62. The highest BCUT2D eigenvalue weighted by atomic mass is 35.5. The van der Waals surface area contributed by atoms with Gasteiger partial charge in [-0.15, -0.1) is 0 Å². The van der Waals surface area contributed by atoms with E-state index < -0.39 is 6.10 Å². The zero-order valence-electron chi connectivity index (χ0n) is 14.8. The quantitative estimate of drug-likeness (QED) is 0.745. The maximum Gasteiger partial charge on any atom is 0.265 e. The molecule has 0 spiro atoms. The van der Waals surface area contributed by atoms with E-state index in [2.05, 4.69) is 5.32 Å². The Morgan fingerprint density at radius 2 is 1.58 bits per heavy atom. The molecule has 2 rings (SSSR count). The number of ether oxygens (including phenoxy) is 4. The molecule has 0 aromatic heterocycles. The lowest BCUT2D eigenvalue weighted by Crippen LogP contribution is -2.30. The topological polar surface area (TPSA) is 66.0 Å². The highest BCUT2D eigenvalue weighted by Gasteiger charge is 2.19. The number of halogens is 2. The second kappa shape index (κ2) is 8.87. The molecule has 2 aromatic carbocycles. The first-order valence-corrected chi connectivity index (χ1v) is 8.37. The SMILES string of the molecule is COc1cc(NC(=O)[C@H](C)Oc2ccc(Cl)cc2Cl)cc(OC)c1OC. The number of hydrogen-bond donors (Lipinski definition) is 1. The normalized spacial score (nSPS) is 11.5. The highest BCUT2D eigenvalue weighted by Crippen LogP contribution is 2.40. The van der Waals surface area contributed by atoms with E-state index in [9.17, 15) is 4.79 Å². The van der Waals surface area contributed by atoms with E-state index >= 15 is 0 Å². The van der Waals surface area contributed by atoms with Crippen LogP contribution >= 0.6 is 23.2 Å². The number of nitrogens with one attached hydrogen (secondary N) is 1. The summed E-state index contributed by atoms with van der Waals surface area (Å²) in [5.41, 5.74) is 0.474. The van der Waals surface area contributed by atoms with Gasteiger partial charge in [0, 0.05) is 22.8 Å². The molecule has 0 aliphatic carbocycles. The number of rotatable bonds is 7. The van der Waals surface area contributed by atoms with Crippen molar-refractivity contribution in [2.75, 3.05) is 26.6 Å². The van der Waals surface area contributed by atoms with Crippen LogP contribution in [-0.4, -0.2) is 33.3 Å². The maximum atomic E-state index is 12.4. The van der Waals surface area contributed by atoms with E-state index in [0.717, 1.165) is 0 Å². The molecule has 0 saturated carbocycles. The largest absolute Gasteiger partial charge is 0.493 e. The smallest absolute Gasteiger partial charge is 0.265 e. The average molecular weight is 400 g/mol. The molecule has 26 heavy (non-hydrogen) atoms. The Hall–Kier alpha value is -2.31. The molecule has 0 aliphatic rings. The zero-order valence-corrected chi connectivity index (χ0v) is 16.3. The molecule has 2 aromatic rings. The van der Waals surface area contributed by atoms with Crippen molar-refractivity contribution < 1.29 is 23.7 Å². The Bertz CT molecular complexity index is 772. The van der Waals surface area contributed by atoms with Crippen LogP contribution in [0.2, 0.25) is 10.0 Å². The number of benzene rings is 2. The lowest BCUT2D eigenvalue weighted by molar-refractivity contribution is -0.122. The van der Waals surface area contributed by atoms with Crippen molar-refractivity contribution in [3.63, 3.8) is 0 Å². The van der Waals surface area contributed by atoms with Crippen LogP contribution in [0.4, 0.5) is 5.69 Å². The fourth-order valence-electron chi connectivity index (χ4n) is 2.21. The fraction of sp³-hybridized carbons (Fsp3) is 0.278. The van der Waals surface area contributed by atoms with E-state index in [1.807, 2.05) is 0 Å². The van der Waals surface area contributed by atoms with Crippen molar-refractivity contribution in [3.8, 4) is 23.0 Å². The molecule has 0 heterocycles. The van der Waals surface area contributed by atoms with E-state index in [1.54, 1.807) is 37.3 Å². The summed E-state index contributed by atoms with van der Waals surface area (Å²) in [6, 6.07) is 8.03. The number of carbonyl (C=O) groups is 1. The van der Waals surface area contributed by atoms with E-state index in [-0.39, 0.29) is 5.91 Å². The summed E-state index contributed by atoms with van der Waals surface area (Å²) in [4.78, 5) is 12.4. The minimum absolute atomic E-state index is 0.324. The lowest BCUT2D eigenvalue weighted by atomic mass is 10.2. The van der Waals surface area contributed by atoms with E-state index in [0.29, 0.717) is 38.7 Å². The minimum Gasteiger partial charge on any atom is -0.493 e. The van der Waals surface area contributed by atoms with Gasteiger partial charge in [-0.2, -0.15) is 0 Å². The molecule has 0 aliphatic heterocycles. The predicted molar refractivity (Wildman–Crippen MR) is 101 cm³/mol. The third-order valence-electron chi connectivity index (χ3n) is 3.50. The van der Waals surface area contributed by atoms with Crippen LogP contribution < -0.4 is 24.3 Å². The van der Waals surface area contributed by atoms with Gasteiger partial charge in [0.05, 0.1) is 26.4 Å². The Balaban J connectivity index is 2.15. The third kappa shape index (κ3) is 4.65. The number of hydrogen-bond acceptors (Lipinski definition) is 5. The van der Waals surface area contributed by atoms with Crippen LogP contribution in [0.5, 0.6) is 23.0 Å². The second-order valence-electron chi connectivity index (χ2n) is 5.24. The molecule has 0 saturated heterocycles. The van der Waals surface area contributed by atoms with E-state index in [4.69, 9.17) is 42.1 Å². The number of amides is 1. The first kappa shape index (κ1) is 20.0. The maximum absolute atomic E-state index is 12.4. The van der Waals surface area contributed by atoms with Gasteiger partial charge in [0.2, 0.25) is 5.75 Å². The van der Waals surface area contributed by atoms with Crippen LogP contribution in [-0.2, 0) is 4.79 Å². The number of methoxy groups -OCH3 is 3. The van der Waals surface area contributed by atoms with Gasteiger partial charge in [-0.3, -0.25) is 4.79 Å². The summed E-state index contributed by atoms with van der Waals surface area (Å²) in [5, 5.41) is 3.55. The van der Waals surface area contributed by atoms with Gasteiger partial charge in [0.15, 0.2) is 17.6 Å². The molecule has 0 fully saturated rings. The molecule has 0 unspecified atom stereocenters. The molecule has 1 amide bonds. The molecule has 0 bridgehead atoms. The van der Waals surface area contributed by atoms with Crippen molar-refractivity contribution in [3.05, 3.63) is 40.4 Å². The van der Waals surface area contributed by atoms with E-state index in [1.165, 1.54) is 21.3 Å². The zero-order chi connectivity index (χ0) is 19.3. The van der Waals surface area contributed by atoms with Crippen molar-refractivity contribution in [2.45, 2.75) is 13.0 Å². The van der Waals surface area contributed by atoms with Crippen LogP contribution in [0, 0.1) is 0 Å². The number of carbonyl (C=O) groups excluding carboxylic acids is 1. The molecule has 8 heteroatoms. The lowest BCUT2D eigenvalue weighted by Gasteiger charge is -2.18. The standard InChI is InChI=1S/C18H19Cl2NO5/c1-10(26-14-6-5-11(19)7-13(14)20)18(22)21-12-8-15(23-2)17(25-4)16(9-12)24-3/h5-10H,1-4H3,(H,21,22)/t10-/m0/s1. The van der Waals surface area contributed by atoms with Gasteiger partial charge >= 0.3 is 0 Å². The molecular weight excluding hydrogens is 381 g/mol. The summed E-state index contributed by atoms with van der Waals surface area (Å²) in [7, 11) is 4.50. The molecule has 0 radical (unpaired) electrons. The second-order valence-corrected chi connectivity index (χ2v) is 6.08. The molecule has 1 atom stereocenters. The Morgan fingerprint density at radius 1 is 0.962 bits per heavy atom. The summed E-state index contributed by atoms with van der Waals surface area (Å²) >= 11 is 11.9. The first-order chi connectivity index (χ1) is 12.4. The molecular formula is C18H19Cl2NO5. The predicted octanol–water partition coefficient (Wildman–Crippen LogP) is 4.43. The summed E-state index contributed by atoms with van der Waals surface area (Å²) in [5.74, 6) is 1.28. The Morgan fingerprint density at radius 3 is 2.08 bits per heavy atom. The van der Waals surface area contributed by atoms with Gasteiger partial charge in [-0.05, 0) is 25.1 Å². The van der Waals surface area contributed by atoms with Gasteiger partial charge in [0.25, 0.3) is 5.91 Å². The molecule has 1 N–H and O–H groups in total. The van der Waals surface area contributed by atoms with Crippen molar-refractivity contribution >= 4 is 34.8 Å². The van der Waals surface area contributed by atoms with Gasteiger partial charge in [-0.1, -0.05) is 23.2 Å². The highest BCUT2D eigenvalue weighted by molar-refractivity contribution is 6.35. The van der Waals surface area contributed by atoms with Crippen LogP contribution in [0.3, 0.4) is 0 Å². The Labute approximate surface area is 161 Å². The number of anilines is 1. The monoisotopic (exact) mass is 399 g/mol. The fourth-order valence-corrected chi connectivity index (χ4v) is 2.66. The van der Waals surface area contributed by atoms with Gasteiger partial charge in [0.1, 0.15) is 5.75 Å². The van der Waals surface area contributed by atoms with Gasteiger partial charge in [-0.25, -0.2) is 0 Å². The molecule has 6 nitrogen and oxygen atoms in total. The third-order valence-corrected chi connectivity index (χ3v) is 4.03. The minimum atomic E-state index is -0.798. The summed E-state index contributed by atoms with van der Waals surface area (Å²) in [6.45, 7) is 1.61. The van der Waals surface area contributed by atoms with Gasteiger partial charge < -0.3 is 24.3 Å². The molecule has 140 valence electrons. The summed E-state index contributed by atoms with van der Waals surface area (Å²) in [6.07, 6.45) is -0.798. The van der Waals surface area contributed by atoms with Crippen LogP contribution in [0.1, 0.15) is 6.92 Å². The average Bonchev–Trinajstić information content (AvgIpc) is 2.62. The van der Waals surface area contributed by atoms with Crippen molar-refractivity contribution in [1.82, 2.24) is 0 Å².